The van der Waals surface area contributed by atoms with Crippen LogP contribution < -0.4 is 10.6 Å². The number of aromatic nitrogens is 1. The number of nitrogens with one attached hydrogen (secondary N) is 2. The Morgan fingerprint density at radius 1 is 1.38 bits per heavy atom. The van der Waals surface area contributed by atoms with Gasteiger partial charge in [0.15, 0.2) is 0 Å². The average molecular weight is 294 g/mol. The molecule has 21 heavy (non-hydrogen) atoms. The van der Waals surface area contributed by atoms with E-state index in [1.807, 2.05) is 20.8 Å². The van der Waals surface area contributed by atoms with Crippen molar-refractivity contribution in [2.45, 2.75) is 46.7 Å². The topological polar surface area (TPSA) is 97.2 Å². The quantitative estimate of drug-likeness (QED) is 0.635. The van der Waals surface area contributed by atoms with Crippen LogP contribution in [-0.4, -0.2) is 27.9 Å². The molecular weight excluding hydrogens is 272 g/mol. The predicted molar refractivity (Wildman–Crippen MR) is 80.0 cm³/mol. The lowest BCUT2D eigenvalue weighted by Gasteiger charge is -2.20. The summed E-state index contributed by atoms with van der Waals surface area (Å²) in [6, 6.07) is 0. The van der Waals surface area contributed by atoms with Gasteiger partial charge in [-0.05, 0) is 34.6 Å². The number of aryl methyl sites for hydroxylation is 1. The molecule has 7 nitrogen and oxygen atoms in total. The normalized spacial score (nSPS) is 11.3. The van der Waals surface area contributed by atoms with E-state index in [-0.39, 0.29) is 23.7 Å². The first-order valence-corrected chi connectivity index (χ1v) is 6.73. The summed E-state index contributed by atoms with van der Waals surface area (Å²) in [6.07, 6.45) is 1.48. The number of hydrogen-bond donors (Lipinski definition) is 2. The summed E-state index contributed by atoms with van der Waals surface area (Å²) in [5.74, 6) is -0.123. The molecule has 116 valence electrons. The molecule has 1 aromatic heterocycles. The third-order valence-electron chi connectivity index (χ3n) is 2.85. The Kier molecular flexibility index (Phi) is 5.37. The Hall–Kier alpha value is -2.02. The van der Waals surface area contributed by atoms with Crippen LogP contribution in [0.25, 0.3) is 0 Å². The first kappa shape index (κ1) is 17.0. The molecule has 0 saturated carbocycles. The van der Waals surface area contributed by atoms with E-state index in [2.05, 4.69) is 15.6 Å². The van der Waals surface area contributed by atoms with E-state index in [9.17, 15) is 14.9 Å². The van der Waals surface area contributed by atoms with Gasteiger partial charge < -0.3 is 10.6 Å². The summed E-state index contributed by atoms with van der Waals surface area (Å²) >= 11 is 0. The van der Waals surface area contributed by atoms with Crippen LogP contribution in [0.15, 0.2) is 6.20 Å². The summed E-state index contributed by atoms with van der Waals surface area (Å²) in [5.41, 5.74) is 1.45. The molecule has 0 aliphatic heterocycles. The number of rotatable bonds is 5. The molecule has 0 aromatic carbocycles. The summed E-state index contributed by atoms with van der Waals surface area (Å²) in [7, 11) is 0. The third-order valence-corrected chi connectivity index (χ3v) is 2.85. The fourth-order valence-electron chi connectivity index (χ4n) is 1.98. The first-order chi connectivity index (χ1) is 9.61. The van der Waals surface area contributed by atoms with Crippen LogP contribution >= 0.6 is 0 Å². The largest absolute Gasteiger partial charge is 0.350 e. The summed E-state index contributed by atoms with van der Waals surface area (Å²) in [4.78, 5) is 26.5. The Bertz CT molecular complexity index is 550. The molecule has 0 aliphatic carbocycles. The molecule has 1 aromatic rings. The molecule has 7 heteroatoms. The van der Waals surface area contributed by atoms with Crippen LogP contribution in [-0.2, 0) is 11.3 Å². The fraction of sp³-hybridized carbons (Fsp3) is 0.571. The van der Waals surface area contributed by atoms with E-state index in [0.717, 1.165) is 0 Å². The lowest BCUT2D eigenvalue weighted by atomic mass is 10.1. The Morgan fingerprint density at radius 2 is 2.00 bits per heavy atom. The van der Waals surface area contributed by atoms with E-state index in [0.29, 0.717) is 23.4 Å². The van der Waals surface area contributed by atoms with Crippen LogP contribution in [0.1, 0.15) is 37.6 Å². The van der Waals surface area contributed by atoms with E-state index >= 15 is 0 Å². The number of nitrogens with zero attached hydrogens (tertiary/aromatic N) is 2. The molecular formula is C14H22N4O3. The number of amides is 1. The zero-order chi connectivity index (χ0) is 16.2. The molecule has 2 N–H and O–H groups in total. The second-order valence-corrected chi connectivity index (χ2v) is 6.02. The van der Waals surface area contributed by atoms with E-state index in [4.69, 9.17) is 0 Å². The van der Waals surface area contributed by atoms with Crippen molar-refractivity contribution in [1.29, 1.82) is 0 Å². The molecule has 0 spiro atoms. The SMILES string of the molecule is Cc1cnc(CNCC(=O)NC(C)(C)C)c(C)c1[N+](=O)[O-]. The highest BCUT2D eigenvalue weighted by Crippen LogP contribution is 2.23. The van der Waals surface area contributed by atoms with Crippen LogP contribution in [0.5, 0.6) is 0 Å². The van der Waals surface area contributed by atoms with Crippen molar-refractivity contribution < 1.29 is 9.72 Å². The van der Waals surface area contributed by atoms with Crippen molar-refractivity contribution in [1.82, 2.24) is 15.6 Å². The Labute approximate surface area is 124 Å². The zero-order valence-corrected chi connectivity index (χ0v) is 13.1. The van der Waals surface area contributed by atoms with Crippen molar-refractivity contribution in [3.63, 3.8) is 0 Å². The minimum atomic E-state index is -0.401. The van der Waals surface area contributed by atoms with Crippen LogP contribution in [0.4, 0.5) is 5.69 Å². The van der Waals surface area contributed by atoms with Gasteiger partial charge in [0.25, 0.3) is 5.69 Å². The van der Waals surface area contributed by atoms with Gasteiger partial charge in [0, 0.05) is 29.4 Å². The highest BCUT2D eigenvalue weighted by Gasteiger charge is 2.19. The van der Waals surface area contributed by atoms with Gasteiger partial charge in [-0.2, -0.15) is 0 Å². The summed E-state index contributed by atoms with van der Waals surface area (Å²) in [6.45, 7) is 9.49. The maximum Gasteiger partial charge on any atom is 0.278 e. The fourth-order valence-corrected chi connectivity index (χ4v) is 1.98. The standard InChI is InChI=1S/C14H22N4O3/c1-9-6-16-11(10(2)13(9)18(20)21)7-15-8-12(19)17-14(3,4)5/h6,15H,7-8H2,1-5H3,(H,17,19). The highest BCUT2D eigenvalue weighted by molar-refractivity contribution is 5.78. The molecule has 1 heterocycles. The lowest BCUT2D eigenvalue weighted by Crippen LogP contribution is -2.44. The van der Waals surface area contributed by atoms with Gasteiger partial charge in [-0.25, -0.2) is 0 Å². The Balaban J connectivity index is 2.67. The molecule has 1 amide bonds. The minimum Gasteiger partial charge on any atom is -0.350 e. The van der Waals surface area contributed by atoms with Gasteiger partial charge in [0.2, 0.25) is 5.91 Å². The molecule has 0 aliphatic rings. The van der Waals surface area contributed by atoms with Crippen molar-refractivity contribution in [2.24, 2.45) is 0 Å². The lowest BCUT2D eigenvalue weighted by molar-refractivity contribution is -0.386. The molecule has 1 rings (SSSR count). The minimum absolute atomic E-state index is 0.0842. The molecule has 0 unspecified atom stereocenters. The monoisotopic (exact) mass is 294 g/mol. The van der Waals surface area contributed by atoms with Gasteiger partial charge in [0.05, 0.1) is 17.2 Å². The molecule has 0 fully saturated rings. The first-order valence-electron chi connectivity index (χ1n) is 6.73. The average Bonchev–Trinajstić information content (AvgIpc) is 2.29. The maximum atomic E-state index is 11.7. The van der Waals surface area contributed by atoms with Gasteiger partial charge in [0.1, 0.15) is 0 Å². The Morgan fingerprint density at radius 3 is 2.52 bits per heavy atom. The zero-order valence-electron chi connectivity index (χ0n) is 13.1. The number of carbonyl (C=O) groups excluding carboxylic acids is 1. The van der Waals surface area contributed by atoms with E-state index < -0.39 is 4.92 Å². The predicted octanol–water partition coefficient (Wildman–Crippen LogP) is 1.61. The van der Waals surface area contributed by atoms with Crippen LogP contribution in [0.3, 0.4) is 0 Å². The smallest absolute Gasteiger partial charge is 0.278 e. The number of nitro groups is 1. The summed E-state index contributed by atoms with van der Waals surface area (Å²) in [5, 5.41) is 16.8. The highest BCUT2D eigenvalue weighted by atomic mass is 16.6. The maximum absolute atomic E-state index is 11.7. The van der Waals surface area contributed by atoms with Crippen molar-refractivity contribution in [3.8, 4) is 0 Å². The van der Waals surface area contributed by atoms with Gasteiger partial charge >= 0.3 is 0 Å². The van der Waals surface area contributed by atoms with Crippen molar-refractivity contribution in [2.75, 3.05) is 6.54 Å². The van der Waals surface area contributed by atoms with Crippen LogP contribution in [0, 0.1) is 24.0 Å². The summed E-state index contributed by atoms with van der Waals surface area (Å²) < 4.78 is 0. The van der Waals surface area contributed by atoms with Gasteiger partial charge in [-0.15, -0.1) is 0 Å². The number of pyridine rings is 1. The van der Waals surface area contributed by atoms with Crippen LogP contribution in [0.2, 0.25) is 0 Å². The second kappa shape index (κ2) is 6.62. The van der Waals surface area contributed by atoms with Crippen molar-refractivity contribution in [3.05, 3.63) is 33.1 Å². The van der Waals surface area contributed by atoms with Gasteiger partial charge in [-0.3, -0.25) is 19.9 Å². The molecule has 0 saturated heterocycles. The van der Waals surface area contributed by atoms with E-state index in [1.165, 1.54) is 6.20 Å². The van der Waals surface area contributed by atoms with E-state index in [1.54, 1.807) is 13.8 Å². The molecule has 0 radical (unpaired) electrons. The van der Waals surface area contributed by atoms with Crippen molar-refractivity contribution >= 4 is 11.6 Å². The number of hydrogen-bond acceptors (Lipinski definition) is 5. The molecule has 0 atom stereocenters. The third kappa shape index (κ3) is 5.11. The number of carbonyl (C=O) groups is 1. The molecule has 0 bridgehead atoms. The van der Waals surface area contributed by atoms with Gasteiger partial charge in [-0.1, -0.05) is 0 Å². The second-order valence-electron chi connectivity index (χ2n) is 6.02.